The maximum absolute atomic E-state index is 13.4. The molecular formula is C26H38N2O7Si. The van der Waals surface area contributed by atoms with Crippen LogP contribution in [0.2, 0.25) is 18.1 Å². The van der Waals surface area contributed by atoms with Gasteiger partial charge in [0.15, 0.2) is 8.32 Å². The van der Waals surface area contributed by atoms with Crippen molar-refractivity contribution in [2.24, 2.45) is 5.92 Å². The Morgan fingerprint density at radius 2 is 1.83 bits per heavy atom. The van der Waals surface area contributed by atoms with Gasteiger partial charge in [-0.15, -0.1) is 0 Å². The van der Waals surface area contributed by atoms with Crippen LogP contribution in [0.3, 0.4) is 0 Å². The lowest BCUT2D eigenvalue weighted by atomic mass is 9.97. The number of hydrogen-bond acceptors (Lipinski definition) is 6. The van der Waals surface area contributed by atoms with Gasteiger partial charge in [0.25, 0.3) is 5.56 Å². The summed E-state index contributed by atoms with van der Waals surface area (Å²) >= 11 is 0. The molecule has 36 heavy (non-hydrogen) atoms. The lowest BCUT2D eigenvalue weighted by molar-refractivity contribution is -0.138. The minimum Gasteiger partial charge on any atom is -0.497 e. The molecular weight excluding hydrogens is 480 g/mol. The van der Waals surface area contributed by atoms with E-state index in [1.54, 1.807) is 38.3 Å². The second-order valence-electron chi connectivity index (χ2n) is 11.0. The molecule has 3 atom stereocenters. The lowest BCUT2D eigenvalue weighted by Gasteiger charge is -2.37. The predicted molar refractivity (Wildman–Crippen MR) is 139 cm³/mol. The highest BCUT2D eigenvalue weighted by molar-refractivity contribution is 6.74. The first-order chi connectivity index (χ1) is 16.7. The van der Waals surface area contributed by atoms with Crippen molar-refractivity contribution in [3.05, 3.63) is 62.4 Å². The normalized spacial score (nSPS) is 20.5. The molecule has 1 saturated heterocycles. The molecule has 9 nitrogen and oxygen atoms in total. The molecule has 1 aliphatic rings. The number of rotatable bonds is 9. The van der Waals surface area contributed by atoms with Crippen molar-refractivity contribution in [1.82, 2.24) is 9.13 Å². The molecule has 0 amide bonds. The van der Waals surface area contributed by atoms with Gasteiger partial charge in [0.2, 0.25) is 0 Å². The van der Waals surface area contributed by atoms with Crippen molar-refractivity contribution < 1.29 is 23.8 Å². The third kappa shape index (κ3) is 6.16. The first-order valence-corrected chi connectivity index (χ1v) is 15.1. The second-order valence-corrected chi connectivity index (χ2v) is 15.8. The Balaban J connectivity index is 1.89. The molecule has 1 fully saturated rings. The van der Waals surface area contributed by atoms with Gasteiger partial charge in [-0.25, -0.2) is 4.79 Å². The van der Waals surface area contributed by atoms with Crippen molar-refractivity contribution in [2.75, 3.05) is 13.7 Å². The van der Waals surface area contributed by atoms with E-state index in [0.717, 1.165) is 5.56 Å². The molecule has 2 heterocycles. The van der Waals surface area contributed by atoms with Crippen molar-refractivity contribution in [1.29, 1.82) is 0 Å². The minimum atomic E-state index is -2.08. The van der Waals surface area contributed by atoms with Crippen LogP contribution in [0.25, 0.3) is 0 Å². The summed E-state index contributed by atoms with van der Waals surface area (Å²) < 4.78 is 20.4. The molecule has 0 bridgehead atoms. The summed E-state index contributed by atoms with van der Waals surface area (Å²) in [5, 5.41) is 9.47. The van der Waals surface area contributed by atoms with E-state index in [1.807, 2.05) is 0 Å². The quantitative estimate of drug-likeness (QED) is 0.503. The number of carboxylic acid groups (broad SMARTS) is 1. The van der Waals surface area contributed by atoms with Gasteiger partial charge in [-0.2, -0.15) is 0 Å². The molecule has 0 unspecified atom stereocenters. The van der Waals surface area contributed by atoms with Gasteiger partial charge in [0.1, 0.15) is 12.0 Å². The fourth-order valence-electron chi connectivity index (χ4n) is 4.10. The average Bonchev–Trinajstić information content (AvgIpc) is 3.19. The van der Waals surface area contributed by atoms with Crippen LogP contribution in [0.4, 0.5) is 0 Å². The molecule has 1 aliphatic heterocycles. The van der Waals surface area contributed by atoms with E-state index in [-0.39, 0.29) is 36.1 Å². The zero-order valence-electron chi connectivity index (χ0n) is 22.2. The highest BCUT2D eigenvalue weighted by Crippen LogP contribution is 2.39. The van der Waals surface area contributed by atoms with Crippen LogP contribution < -0.4 is 16.0 Å². The van der Waals surface area contributed by atoms with Gasteiger partial charge in [0, 0.05) is 17.7 Å². The molecule has 0 spiro atoms. The molecule has 1 aromatic heterocycles. The van der Waals surface area contributed by atoms with Gasteiger partial charge >= 0.3 is 11.7 Å². The summed E-state index contributed by atoms with van der Waals surface area (Å²) in [7, 11) is -0.508. The first kappa shape index (κ1) is 27.9. The second kappa shape index (κ2) is 10.7. The summed E-state index contributed by atoms with van der Waals surface area (Å²) in [5.74, 6) is -0.552. The molecule has 10 heteroatoms. The smallest absolute Gasteiger partial charge is 0.333 e. The van der Waals surface area contributed by atoms with Crippen molar-refractivity contribution in [3.8, 4) is 5.75 Å². The van der Waals surface area contributed by atoms with Gasteiger partial charge in [-0.1, -0.05) is 32.9 Å². The topological polar surface area (TPSA) is 109 Å². The van der Waals surface area contributed by atoms with Crippen LogP contribution in [0.1, 0.15) is 51.0 Å². The van der Waals surface area contributed by atoms with E-state index in [0.29, 0.717) is 17.7 Å². The van der Waals surface area contributed by atoms with E-state index in [2.05, 4.69) is 33.9 Å². The number of hydrogen-bond donors (Lipinski definition) is 1. The monoisotopic (exact) mass is 518 g/mol. The van der Waals surface area contributed by atoms with Crippen LogP contribution in [-0.4, -0.2) is 48.3 Å². The Bertz CT molecular complexity index is 1190. The van der Waals surface area contributed by atoms with Crippen molar-refractivity contribution in [3.63, 3.8) is 0 Å². The zero-order valence-corrected chi connectivity index (χ0v) is 23.2. The van der Waals surface area contributed by atoms with Crippen LogP contribution in [0, 0.1) is 12.8 Å². The van der Waals surface area contributed by atoms with E-state index in [9.17, 15) is 19.5 Å². The van der Waals surface area contributed by atoms with E-state index >= 15 is 0 Å². The number of carbonyl (C=O) groups is 1. The highest BCUT2D eigenvalue weighted by atomic mass is 28.4. The number of ether oxygens (including phenoxy) is 2. The molecule has 198 valence electrons. The Labute approximate surface area is 212 Å². The van der Waals surface area contributed by atoms with Crippen LogP contribution in [0.5, 0.6) is 5.75 Å². The van der Waals surface area contributed by atoms with E-state index in [1.165, 1.54) is 15.3 Å². The van der Waals surface area contributed by atoms with Crippen molar-refractivity contribution in [2.45, 2.75) is 77.5 Å². The number of methoxy groups -OCH3 is 1. The maximum atomic E-state index is 13.4. The molecule has 0 saturated carbocycles. The third-order valence-corrected chi connectivity index (χ3v) is 11.9. The standard InChI is InChI=1S/C26H38N2O7Si/c1-17-14-27(25(32)28(24(17)31)15-18-8-10-20(33-5)11-9-18)22-12-19(13-23(29)30)21(35-22)16-34-36(6,7)26(2,3)4/h8-11,14,19,21-22H,12-13,15-16H2,1-7H3,(H,29,30)/t19-,21-,22-/m1/s1. The molecule has 1 N–H and O–H groups in total. The van der Waals surface area contributed by atoms with E-state index < -0.39 is 32.3 Å². The number of aryl methyl sites for hydroxylation is 1. The lowest BCUT2D eigenvalue weighted by Crippen LogP contribution is -2.44. The fraction of sp³-hybridized carbons (Fsp3) is 0.577. The Kier molecular flexibility index (Phi) is 8.32. The fourth-order valence-corrected chi connectivity index (χ4v) is 5.11. The minimum absolute atomic E-state index is 0.00168. The third-order valence-electron chi connectivity index (χ3n) is 7.39. The first-order valence-electron chi connectivity index (χ1n) is 12.2. The van der Waals surface area contributed by atoms with Crippen LogP contribution in [-0.2, 0) is 20.5 Å². The molecule has 3 rings (SSSR count). The summed E-state index contributed by atoms with van der Waals surface area (Å²) in [6.07, 6.45) is 0.624. The Hall–Kier alpha value is -2.69. The van der Waals surface area contributed by atoms with Crippen LogP contribution in [0.15, 0.2) is 40.1 Å². The predicted octanol–water partition coefficient (Wildman–Crippen LogP) is 3.78. The highest BCUT2D eigenvalue weighted by Gasteiger charge is 2.42. The maximum Gasteiger partial charge on any atom is 0.333 e. The largest absolute Gasteiger partial charge is 0.497 e. The molecule has 0 aliphatic carbocycles. The Morgan fingerprint density at radius 3 is 2.39 bits per heavy atom. The molecule has 1 aromatic carbocycles. The van der Waals surface area contributed by atoms with Gasteiger partial charge in [0.05, 0.1) is 32.8 Å². The number of nitrogens with zero attached hydrogens (tertiary/aromatic N) is 2. The number of carboxylic acids is 1. The van der Waals surface area contributed by atoms with E-state index in [4.69, 9.17) is 13.9 Å². The van der Waals surface area contributed by atoms with Gasteiger partial charge in [-0.3, -0.25) is 18.7 Å². The Morgan fingerprint density at radius 1 is 1.19 bits per heavy atom. The molecule has 0 radical (unpaired) electrons. The zero-order chi connectivity index (χ0) is 26.8. The number of aliphatic carboxylic acids is 1. The van der Waals surface area contributed by atoms with Crippen LogP contribution >= 0.6 is 0 Å². The van der Waals surface area contributed by atoms with Gasteiger partial charge < -0.3 is 19.0 Å². The summed E-state index contributed by atoms with van der Waals surface area (Å²) in [6.45, 7) is 12.7. The van der Waals surface area contributed by atoms with Crippen molar-refractivity contribution >= 4 is 14.3 Å². The summed E-state index contributed by atoms with van der Waals surface area (Å²) in [6, 6.07) is 7.16. The number of aromatic nitrogens is 2. The average molecular weight is 519 g/mol. The SMILES string of the molecule is COc1ccc(Cn2c(=O)c(C)cn([C@H]3C[C@H](CC(=O)O)[C@@H](CO[Si](C)(C)C(C)(C)C)O3)c2=O)cc1. The van der Waals surface area contributed by atoms with Gasteiger partial charge in [-0.05, 0) is 49.2 Å². The summed E-state index contributed by atoms with van der Waals surface area (Å²) in [5.41, 5.74) is 0.322. The summed E-state index contributed by atoms with van der Waals surface area (Å²) in [4.78, 5) is 37.8. The number of benzene rings is 1. The molecule has 2 aromatic rings.